The molecule has 0 saturated heterocycles. The van der Waals surface area contributed by atoms with Crippen LogP contribution in [0.2, 0.25) is 5.02 Å². The van der Waals surface area contributed by atoms with E-state index in [-0.39, 0.29) is 11.1 Å². The number of hydrogen-bond donors (Lipinski definition) is 2. The number of carbonyl (C=O) groups is 2. The third-order valence-electron chi connectivity index (χ3n) is 3.58. The summed E-state index contributed by atoms with van der Waals surface area (Å²) in [7, 11) is 0. The number of benzene rings is 1. The minimum atomic E-state index is -4.67. The number of rotatable bonds is 4. The molecule has 0 atom stereocenters. The zero-order chi connectivity index (χ0) is 17.4. The highest BCUT2D eigenvalue weighted by molar-refractivity contribution is 6.30. The smallest absolute Gasteiger partial charge is 0.352 e. The lowest BCUT2D eigenvalue weighted by Gasteiger charge is -2.24. The average molecular weight is 349 g/mol. The molecule has 1 aliphatic rings. The third kappa shape index (κ3) is 4.16. The van der Waals surface area contributed by atoms with Gasteiger partial charge in [0.25, 0.3) is 0 Å². The summed E-state index contributed by atoms with van der Waals surface area (Å²) in [4.78, 5) is 24.3. The summed E-state index contributed by atoms with van der Waals surface area (Å²) in [6, 6.07) is 3.09. The molecule has 1 aromatic carbocycles. The van der Waals surface area contributed by atoms with Gasteiger partial charge in [-0.15, -0.1) is 0 Å². The van der Waals surface area contributed by atoms with Gasteiger partial charge in [0.05, 0.1) is 11.3 Å². The Morgan fingerprint density at radius 2 is 1.78 bits per heavy atom. The van der Waals surface area contributed by atoms with E-state index < -0.39 is 34.7 Å². The van der Waals surface area contributed by atoms with Crippen LogP contribution in [0.1, 0.15) is 32.3 Å². The van der Waals surface area contributed by atoms with Crippen molar-refractivity contribution in [3.63, 3.8) is 0 Å². The minimum absolute atomic E-state index is 0.0517. The standard InChI is InChI=1S/C15H16ClF3N2O2/c1-14(2,12(22)20-9-4-5-9)13(23)21-11-6-3-8(16)7-10(11)15(17,18)19/h3,6-7,9H,4-5H2,1-2H3,(H,20,22)(H,21,23). The molecule has 1 aliphatic carbocycles. The molecule has 0 aromatic heterocycles. The molecule has 1 fully saturated rings. The van der Waals surface area contributed by atoms with Gasteiger partial charge in [-0.25, -0.2) is 0 Å². The van der Waals surface area contributed by atoms with Gasteiger partial charge in [0.15, 0.2) is 0 Å². The fourth-order valence-electron chi connectivity index (χ4n) is 1.84. The Balaban J connectivity index is 2.20. The summed E-state index contributed by atoms with van der Waals surface area (Å²) in [6.07, 6.45) is -2.98. The first kappa shape index (κ1) is 17.6. The van der Waals surface area contributed by atoms with E-state index in [0.29, 0.717) is 0 Å². The maximum Gasteiger partial charge on any atom is 0.418 e. The molecule has 1 saturated carbocycles. The van der Waals surface area contributed by atoms with E-state index in [2.05, 4.69) is 10.6 Å². The molecule has 0 radical (unpaired) electrons. The predicted octanol–water partition coefficient (Wildman–Crippen LogP) is 3.60. The SMILES string of the molecule is CC(C)(C(=O)Nc1ccc(Cl)cc1C(F)(F)F)C(=O)NC1CC1. The maximum absolute atomic E-state index is 13.0. The van der Waals surface area contributed by atoms with Gasteiger partial charge in [-0.2, -0.15) is 13.2 Å². The summed E-state index contributed by atoms with van der Waals surface area (Å²) < 4.78 is 39.1. The molecule has 2 rings (SSSR count). The summed E-state index contributed by atoms with van der Waals surface area (Å²) in [5.74, 6) is -1.33. The largest absolute Gasteiger partial charge is 0.418 e. The van der Waals surface area contributed by atoms with Crippen LogP contribution in [0.4, 0.5) is 18.9 Å². The average Bonchev–Trinajstić information content (AvgIpc) is 3.23. The van der Waals surface area contributed by atoms with Crippen molar-refractivity contribution in [1.29, 1.82) is 0 Å². The van der Waals surface area contributed by atoms with Crippen molar-refractivity contribution in [2.45, 2.75) is 38.9 Å². The summed E-state index contributed by atoms with van der Waals surface area (Å²) >= 11 is 5.59. The zero-order valence-electron chi connectivity index (χ0n) is 12.6. The van der Waals surface area contributed by atoms with Crippen LogP contribution in [0.25, 0.3) is 0 Å². The van der Waals surface area contributed by atoms with Gasteiger partial charge in [-0.3, -0.25) is 9.59 Å². The van der Waals surface area contributed by atoms with Gasteiger partial charge in [-0.1, -0.05) is 11.6 Å². The van der Waals surface area contributed by atoms with Crippen molar-refractivity contribution in [1.82, 2.24) is 5.32 Å². The molecule has 0 unspecified atom stereocenters. The molecule has 23 heavy (non-hydrogen) atoms. The van der Waals surface area contributed by atoms with Gasteiger partial charge in [0.1, 0.15) is 5.41 Å². The first-order valence-electron chi connectivity index (χ1n) is 7.01. The van der Waals surface area contributed by atoms with E-state index in [9.17, 15) is 22.8 Å². The fourth-order valence-corrected chi connectivity index (χ4v) is 2.01. The van der Waals surface area contributed by atoms with Crippen molar-refractivity contribution in [3.05, 3.63) is 28.8 Å². The lowest BCUT2D eigenvalue weighted by molar-refractivity contribution is -0.138. The minimum Gasteiger partial charge on any atom is -0.352 e. The number of alkyl halides is 3. The van der Waals surface area contributed by atoms with Crippen LogP contribution in [0.5, 0.6) is 0 Å². The van der Waals surface area contributed by atoms with E-state index in [1.807, 2.05) is 0 Å². The summed E-state index contributed by atoms with van der Waals surface area (Å²) in [5, 5.41) is 4.76. The summed E-state index contributed by atoms with van der Waals surface area (Å²) in [6.45, 7) is 2.73. The first-order chi connectivity index (χ1) is 10.5. The Hall–Kier alpha value is -1.76. The molecular formula is C15H16ClF3N2O2. The van der Waals surface area contributed by atoms with Crippen molar-refractivity contribution < 1.29 is 22.8 Å². The molecule has 8 heteroatoms. The molecule has 0 aliphatic heterocycles. The number of amides is 2. The van der Waals surface area contributed by atoms with E-state index in [0.717, 1.165) is 25.0 Å². The van der Waals surface area contributed by atoms with E-state index in [1.165, 1.54) is 19.9 Å². The lowest BCUT2D eigenvalue weighted by Crippen LogP contribution is -2.46. The van der Waals surface area contributed by atoms with Crippen LogP contribution in [-0.4, -0.2) is 17.9 Å². The van der Waals surface area contributed by atoms with Crippen molar-refractivity contribution in [2.75, 3.05) is 5.32 Å². The second kappa shape index (κ2) is 6.03. The number of anilines is 1. The molecule has 2 amide bonds. The van der Waals surface area contributed by atoms with Crippen LogP contribution in [0, 0.1) is 5.41 Å². The molecular weight excluding hydrogens is 333 g/mol. The zero-order valence-corrected chi connectivity index (χ0v) is 13.3. The van der Waals surface area contributed by atoms with Crippen molar-refractivity contribution in [3.8, 4) is 0 Å². The topological polar surface area (TPSA) is 58.2 Å². The Labute approximate surface area is 136 Å². The predicted molar refractivity (Wildman–Crippen MR) is 80.0 cm³/mol. The van der Waals surface area contributed by atoms with Crippen LogP contribution in [0.15, 0.2) is 18.2 Å². The molecule has 0 bridgehead atoms. The van der Waals surface area contributed by atoms with Crippen LogP contribution >= 0.6 is 11.6 Å². The number of carbonyl (C=O) groups excluding carboxylic acids is 2. The summed E-state index contributed by atoms with van der Waals surface area (Å²) in [5.41, 5.74) is -2.98. The second-order valence-corrected chi connectivity index (χ2v) is 6.45. The molecule has 126 valence electrons. The lowest BCUT2D eigenvalue weighted by atomic mass is 9.90. The highest BCUT2D eigenvalue weighted by Gasteiger charge is 2.40. The molecule has 1 aromatic rings. The van der Waals surface area contributed by atoms with Gasteiger partial charge in [-0.05, 0) is 44.9 Å². The first-order valence-corrected chi connectivity index (χ1v) is 7.39. The van der Waals surface area contributed by atoms with Crippen LogP contribution in [0.3, 0.4) is 0 Å². The Morgan fingerprint density at radius 3 is 2.30 bits per heavy atom. The van der Waals surface area contributed by atoms with Gasteiger partial charge < -0.3 is 10.6 Å². The van der Waals surface area contributed by atoms with E-state index in [1.54, 1.807) is 0 Å². The fraction of sp³-hybridized carbons (Fsp3) is 0.467. The normalized spacial score (nSPS) is 15.2. The molecule has 2 N–H and O–H groups in total. The second-order valence-electron chi connectivity index (χ2n) is 6.01. The van der Waals surface area contributed by atoms with E-state index >= 15 is 0 Å². The van der Waals surface area contributed by atoms with Gasteiger partial charge >= 0.3 is 6.18 Å². The number of nitrogens with one attached hydrogen (secondary N) is 2. The Bertz CT molecular complexity index is 640. The maximum atomic E-state index is 13.0. The van der Waals surface area contributed by atoms with E-state index in [4.69, 9.17) is 11.6 Å². The van der Waals surface area contributed by atoms with Crippen molar-refractivity contribution >= 4 is 29.1 Å². The van der Waals surface area contributed by atoms with Crippen LogP contribution < -0.4 is 10.6 Å². The molecule has 4 nitrogen and oxygen atoms in total. The molecule has 0 heterocycles. The number of halogens is 4. The Morgan fingerprint density at radius 1 is 1.17 bits per heavy atom. The quantitative estimate of drug-likeness (QED) is 0.817. The molecule has 0 spiro atoms. The third-order valence-corrected chi connectivity index (χ3v) is 3.82. The number of hydrogen-bond acceptors (Lipinski definition) is 2. The van der Waals surface area contributed by atoms with Gasteiger partial charge in [0, 0.05) is 11.1 Å². The highest BCUT2D eigenvalue weighted by Crippen LogP contribution is 2.37. The van der Waals surface area contributed by atoms with Crippen LogP contribution in [-0.2, 0) is 15.8 Å². The Kier molecular flexibility index (Phi) is 4.61. The highest BCUT2D eigenvalue weighted by atomic mass is 35.5. The monoisotopic (exact) mass is 348 g/mol. The van der Waals surface area contributed by atoms with Gasteiger partial charge in [0.2, 0.25) is 11.8 Å². The van der Waals surface area contributed by atoms with Crippen molar-refractivity contribution in [2.24, 2.45) is 5.41 Å².